The summed E-state index contributed by atoms with van der Waals surface area (Å²) in [5.74, 6) is 0. The van der Waals surface area contributed by atoms with Crippen molar-refractivity contribution in [2.24, 2.45) is 0 Å². The Morgan fingerprint density at radius 3 is 2.52 bits per heavy atom. The van der Waals surface area contributed by atoms with Gasteiger partial charge in [0, 0.05) is 10.7 Å². The topological polar surface area (TPSA) is 24.9 Å². The minimum Gasteiger partial charge on any atom is -0.305 e. The van der Waals surface area contributed by atoms with Gasteiger partial charge in [0.05, 0.1) is 17.3 Å². The molecule has 0 radical (unpaired) electrons. The zero-order valence-corrected chi connectivity index (χ0v) is 12.9. The van der Waals surface area contributed by atoms with Gasteiger partial charge in [-0.2, -0.15) is 13.2 Å². The van der Waals surface area contributed by atoms with Crippen LogP contribution in [-0.2, 0) is 6.18 Å². The van der Waals surface area contributed by atoms with Crippen LogP contribution in [0.3, 0.4) is 0 Å². The van der Waals surface area contributed by atoms with E-state index in [2.05, 4.69) is 26.2 Å². The Hall–Kier alpha value is -1.40. The zero-order valence-electron chi connectivity index (χ0n) is 11.3. The Labute approximate surface area is 129 Å². The smallest absolute Gasteiger partial charge is 0.305 e. The number of pyridine rings is 1. The third-order valence-electron chi connectivity index (χ3n) is 3.05. The highest BCUT2D eigenvalue weighted by Gasteiger charge is 2.35. The van der Waals surface area contributed by atoms with E-state index in [-0.39, 0.29) is 5.56 Å². The van der Waals surface area contributed by atoms with Crippen molar-refractivity contribution in [1.82, 2.24) is 10.3 Å². The van der Waals surface area contributed by atoms with Gasteiger partial charge >= 0.3 is 6.18 Å². The van der Waals surface area contributed by atoms with Crippen LogP contribution in [-0.4, -0.2) is 11.5 Å². The highest BCUT2D eigenvalue weighted by molar-refractivity contribution is 9.10. The van der Waals surface area contributed by atoms with Crippen molar-refractivity contribution in [2.45, 2.75) is 19.1 Å². The first-order valence-corrected chi connectivity index (χ1v) is 7.24. The predicted octanol–water partition coefficient (Wildman–Crippen LogP) is 4.56. The maximum Gasteiger partial charge on any atom is 0.416 e. The molecule has 1 heterocycles. The molecular weight excluding hydrogens is 345 g/mol. The number of aromatic nitrogens is 1. The molecule has 0 fully saturated rings. The molecule has 1 aromatic heterocycles. The van der Waals surface area contributed by atoms with E-state index in [1.165, 1.54) is 12.1 Å². The lowest BCUT2D eigenvalue weighted by molar-refractivity contribution is -0.138. The fraction of sp³-hybridized carbons (Fsp3) is 0.267. The quantitative estimate of drug-likeness (QED) is 0.866. The fourth-order valence-electron chi connectivity index (χ4n) is 2.18. The number of hydrogen-bond acceptors (Lipinski definition) is 2. The second-order valence-corrected chi connectivity index (χ2v) is 5.30. The average Bonchev–Trinajstić information content (AvgIpc) is 2.45. The van der Waals surface area contributed by atoms with Gasteiger partial charge in [0.25, 0.3) is 0 Å². The molecule has 1 unspecified atom stereocenters. The largest absolute Gasteiger partial charge is 0.416 e. The second kappa shape index (κ2) is 6.58. The number of hydrogen-bond donors (Lipinski definition) is 1. The Bertz CT molecular complexity index is 614. The molecule has 112 valence electrons. The van der Waals surface area contributed by atoms with Gasteiger partial charge in [-0.05, 0) is 46.2 Å². The molecule has 21 heavy (non-hydrogen) atoms. The van der Waals surface area contributed by atoms with Crippen LogP contribution in [0.15, 0.2) is 47.1 Å². The predicted molar refractivity (Wildman–Crippen MR) is 78.9 cm³/mol. The molecule has 1 N–H and O–H groups in total. The number of rotatable bonds is 4. The number of nitrogens with zero attached hydrogens (tertiary/aromatic N) is 1. The van der Waals surface area contributed by atoms with Gasteiger partial charge in [0.1, 0.15) is 0 Å². The minimum atomic E-state index is -4.40. The molecule has 0 saturated carbocycles. The van der Waals surface area contributed by atoms with Crippen molar-refractivity contribution in [3.63, 3.8) is 0 Å². The Morgan fingerprint density at radius 1 is 1.19 bits per heavy atom. The van der Waals surface area contributed by atoms with E-state index in [1.807, 2.05) is 6.92 Å². The van der Waals surface area contributed by atoms with Crippen molar-refractivity contribution in [1.29, 1.82) is 0 Å². The van der Waals surface area contributed by atoms with E-state index in [1.54, 1.807) is 24.4 Å². The van der Waals surface area contributed by atoms with E-state index < -0.39 is 17.8 Å². The first-order chi connectivity index (χ1) is 9.95. The third-order valence-corrected chi connectivity index (χ3v) is 3.72. The molecule has 0 spiro atoms. The summed E-state index contributed by atoms with van der Waals surface area (Å²) >= 11 is 3.36. The highest BCUT2D eigenvalue weighted by atomic mass is 79.9. The Kier molecular flexibility index (Phi) is 5.00. The molecule has 0 amide bonds. The molecule has 2 nitrogen and oxygen atoms in total. The summed E-state index contributed by atoms with van der Waals surface area (Å²) in [5, 5.41) is 3.08. The van der Waals surface area contributed by atoms with Crippen molar-refractivity contribution >= 4 is 15.9 Å². The van der Waals surface area contributed by atoms with Crippen molar-refractivity contribution in [2.75, 3.05) is 6.54 Å². The first kappa shape index (κ1) is 16.0. The highest BCUT2D eigenvalue weighted by Crippen LogP contribution is 2.37. The molecule has 1 aromatic carbocycles. The number of alkyl halides is 3. The van der Waals surface area contributed by atoms with Crippen molar-refractivity contribution < 1.29 is 13.2 Å². The van der Waals surface area contributed by atoms with E-state index in [0.29, 0.717) is 16.7 Å². The molecule has 6 heteroatoms. The maximum atomic E-state index is 13.2. The lowest BCUT2D eigenvalue weighted by Gasteiger charge is -2.22. The van der Waals surface area contributed by atoms with Crippen LogP contribution in [0.25, 0.3) is 0 Å². The molecule has 2 rings (SSSR count). The van der Waals surface area contributed by atoms with Gasteiger partial charge in [0.2, 0.25) is 0 Å². The summed E-state index contributed by atoms with van der Waals surface area (Å²) in [4.78, 5) is 4.22. The van der Waals surface area contributed by atoms with Gasteiger partial charge in [-0.1, -0.05) is 25.1 Å². The summed E-state index contributed by atoms with van der Waals surface area (Å²) < 4.78 is 40.3. The van der Waals surface area contributed by atoms with Crippen LogP contribution in [0.4, 0.5) is 13.2 Å². The van der Waals surface area contributed by atoms with E-state index in [9.17, 15) is 13.2 Å². The second-order valence-electron chi connectivity index (χ2n) is 4.45. The van der Waals surface area contributed by atoms with Crippen molar-refractivity contribution in [3.8, 4) is 0 Å². The van der Waals surface area contributed by atoms with Crippen LogP contribution in [0, 0.1) is 0 Å². The summed E-state index contributed by atoms with van der Waals surface area (Å²) in [5.41, 5.74) is 0.0656. The summed E-state index contributed by atoms with van der Waals surface area (Å²) in [6.07, 6.45) is -2.83. The molecule has 0 aliphatic rings. The normalized spacial score (nSPS) is 13.2. The van der Waals surface area contributed by atoms with Crippen LogP contribution in [0.2, 0.25) is 0 Å². The molecule has 0 bridgehead atoms. The van der Waals surface area contributed by atoms with E-state index >= 15 is 0 Å². The molecule has 0 aliphatic heterocycles. The van der Waals surface area contributed by atoms with Gasteiger partial charge < -0.3 is 5.32 Å². The number of halogens is 4. The first-order valence-electron chi connectivity index (χ1n) is 6.45. The van der Waals surface area contributed by atoms with Crippen LogP contribution in [0.1, 0.15) is 29.8 Å². The van der Waals surface area contributed by atoms with Gasteiger partial charge in [-0.3, -0.25) is 4.98 Å². The molecule has 2 aromatic rings. The van der Waals surface area contributed by atoms with Crippen LogP contribution < -0.4 is 5.32 Å². The monoisotopic (exact) mass is 358 g/mol. The third kappa shape index (κ3) is 3.63. The maximum absolute atomic E-state index is 13.2. The molecule has 0 saturated heterocycles. The van der Waals surface area contributed by atoms with Crippen LogP contribution >= 0.6 is 15.9 Å². The number of benzene rings is 1. The molecule has 1 atom stereocenters. The molecule has 0 aliphatic carbocycles. The van der Waals surface area contributed by atoms with Crippen LogP contribution in [0.5, 0.6) is 0 Å². The van der Waals surface area contributed by atoms with E-state index in [4.69, 9.17) is 0 Å². The fourth-order valence-corrected chi connectivity index (χ4v) is 2.66. The Balaban J connectivity index is 2.57. The molecular formula is C15H14BrF3N2. The van der Waals surface area contributed by atoms with Gasteiger partial charge in [0.15, 0.2) is 0 Å². The number of nitrogens with one attached hydrogen (secondary N) is 1. The lowest BCUT2D eigenvalue weighted by atomic mass is 9.97. The minimum absolute atomic E-state index is 0.172. The SMILES string of the molecule is CCNC(c1ccccc1C(F)(F)F)c1ncccc1Br. The zero-order chi connectivity index (χ0) is 15.5. The average molecular weight is 359 g/mol. The lowest BCUT2D eigenvalue weighted by Crippen LogP contribution is -2.26. The van der Waals surface area contributed by atoms with E-state index in [0.717, 1.165) is 6.07 Å². The Morgan fingerprint density at radius 2 is 1.90 bits per heavy atom. The summed E-state index contributed by atoms with van der Waals surface area (Å²) in [6, 6.07) is 8.45. The van der Waals surface area contributed by atoms with Gasteiger partial charge in [-0.25, -0.2) is 0 Å². The standard InChI is InChI=1S/C15H14BrF3N2/c1-2-20-13(14-12(16)8-5-9-21-14)10-6-3-4-7-11(10)15(17,18)19/h3-9,13,20H,2H2,1H3. The summed E-state index contributed by atoms with van der Waals surface area (Å²) in [7, 11) is 0. The summed E-state index contributed by atoms with van der Waals surface area (Å²) in [6.45, 7) is 2.37. The van der Waals surface area contributed by atoms with Crippen molar-refractivity contribution in [3.05, 3.63) is 63.9 Å². The van der Waals surface area contributed by atoms with Gasteiger partial charge in [-0.15, -0.1) is 0 Å².